The summed E-state index contributed by atoms with van der Waals surface area (Å²) in [6, 6.07) is 5.24. The van der Waals surface area contributed by atoms with Gasteiger partial charge < -0.3 is 10.1 Å². The van der Waals surface area contributed by atoms with Crippen LogP contribution in [0.4, 0.5) is 4.79 Å². The summed E-state index contributed by atoms with van der Waals surface area (Å²) in [6.45, 7) is 7.32. The van der Waals surface area contributed by atoms with E-state index in [1.165, 1.54) is 0 Å². The molecule has 0 radical (unpaired) electrons. The first-order chi connectivity index (χ1) is 9.10. The molecule has 2 atom stereocenters. The van der Waals surface area contributed by atoms with Gasteiger partial charge in [0.25, 0.3) is 0 Å². The first-order valence-corrected chi connectivity index (χ1v) is 8.57. The van der Waals surface area contributed by atoms with Gasteiger partial charge in [0.15, 0.2) is 0 Å². The van der Waals surface area contributed by atoms with Crippen molar-refractivity contribution in [3.05, 3.63) is 28.2 Å². The number of carbonyl (C=O) groups is 1. The molecule has 0 aromatic heterocycles. The van der Waals surface area contributed by atoms with Crippen LogP contribution in [0.5, 0.6) is 0 Å². The maximum Gasteiger partial charge on any atom is 0.408 e. The fourth-order valence-corrected chi connectivity index (χ4v) is 3.02. The number of carbonyl (C=O) groups excluding carboxylic acids is 1. The van der Waals surface area contributed by atoms with Gasteiger partial charge in [-0.1, -0.05) is 22.0 Å². The summed E-state index contributed by atoms with van der Waals surface area (Å²) in [7, 11) is -1.03. The van der Waals surface area contributed by atoms with E-state index >= 15 is 0 Å². The first kappa shape index (κ1) is 17.2. The van der Waals surface area contributed by atoms with Crippen molar-refractivity contribution in [2.75, 3.05) is 6.26 Å². The van der Waals surface area contributed by atoms with Crippen molar-refractivity contribution in [2.45, 2.75) is 44.2 Å². The summed E-state index contributed by atoms with van der Waals surface area (Å²) < 4.78 is 17.4. The average Bonchev–Trinajstić information content (AvgIpc) is 2.25. The molecule has 112 valence electrons. The van der Waals surface area contributed by atoms with E-state index in [-0.39, 0.29) is 6.04 Å². The fourth-order valence-electron chi connectivity index (χ4n) is 1.60. The highest BCUT2D eigenvalue weighted by atomic mass is 79.9. The predicted molar refractivity (Wildman–Crippen MR) is 84.3 cm³/mol. The molecule has 1 rings (SSSR count). The summed E-state index contributed by atoms with van der Waals surface area (Å²) in [6.07, 6.45) is 1.17. The maximum absolute atomic E-state index is 11.7. The van der Waals surface area contributed by atoms with Crippen molar-refractivity contribution in [3.63, 3.8) is 0 Å². The second kappa shape index (κ2) is 6.72. The Labute approximate surface area is 130 Å². The maximum atomic E-state index is 11.7. The van der Waals surface area contributed by atoms with Crippen molar-refractivity contribution in [2.24, 2.45) is 0 Å². The molecule has 0 aliphatic carbocycles. The van der Waals surface area contributed by atoms with E-state index in [2.05, 4.69) is 21.2 Å². The molecule has 0 heterocycles. The summed E-state index contributed by atoms with van der Waals surface area (Å²) in [5.74, 6) is 0. The van der Waals surface area contributed by atoms with Crippen molar-refractivity contribution in [3.8, 4) is 0 Å². The van der Waals surface area contributed by atoms with Gasteiger partial charge in [-0.05, 0) is 45.4 Å². The molecular formula is C14H20BrNO3S. The highest BCUT2D eigenvalue weighted by molar-refractivity contribution is 9.10. The number of hydrogen-bond acceptors (Lipinski definition) is 3. The van der Waals surface area contributed by atoms with Crippen LogP contribution in [0.15, 0.2) is 27.6 Å². The third-order valence-corrected chi connectivity index (χ3v) is 4.11. The zero-order valence-electron chi connectivity index (χ0n) is 12.3. The lowest BCUT2D eigenvalue weighted by atomic mass is 10.1. The fraction of sp³-hybridized carbons (Fsp3) is 0.500. The minimum Gasteiger partial charge on any atom is -0.444 e. The number of rotatable bonds is 3. The number of ether oxygens (including phenoxy) is 1. The first-order valence-electron chi connectivity index (χ1n) is 6.22. The zero-order valence-corrected chi connectivity index (χ0v) is 14.7. The smallest absolute Gasteiger partial charge is 0.408 e. The second-order valence-corrected chi connectivity index (χ2v) is 7.74. The molecule has 4 nitrogen and oxygen atoms in total. The van der Waals surface area contributed by atoms with Crippen molar-refractivity contribution in [1.29, 1.82) is 0 Å². The van der Waals surface area contributed by atoms with Gasteiger partial charge >= 0.3 is 6.09 Å². The number of halogens is 1. The molecule has 20 heavy (non-hydrogen) atoms. The molecule has 0 bridgehead atoms. The normalized spacial score (nSPS) is 14.5. The van der Waals surface area contributed by atoms with E-state index < -0.39 is 22.5 Å². The van der Waals surface area contributed by atoms with Crippen molar-refractivity contribution in [1.82, 2.24) is 5.32 Å². The zero-order chi connectivity index (χ0) is 15.5. The van der Waals surface area contributed by atoms with Crippen molar-refractivity contribution >= 4 is 32.8 Å². The van der Waals surface area contributed by atoms with E-state index in [4.69, 9.17) is 4.74 Å². The number of nitrogens with one attached hydrogen (secondary N) is 1. The van der Waals surface area contributed by atoms with E-state index in [1.807, 2.05) is 33.8 Å². The van der Waals surface area contributed by atoms with E-state index in [1.54, 1.807) is 18.4 Å². The largest absolute Gasteiger partial charge is 0.444 e. The lowest BCUT2D eigenvalue weighted by Gasteiger charge is -2.22. The molecule has 0 saturated heterocycles. The lowest BCUT2D eigenvalue weighted by Crippen LogP contribution is -2.34. The molecule has 1 aromatic rings. The van der Waals surface area contributed by atoms with Gasteiger partial charge in [-0.2, -0.15) is 0 Å². The van der Waals surface area contributed by atoms with Crippen LogP contribution in [0.25, 0.3) is 0 Å². The topological polar surface area (TPSA) is 55.4 Å². The summed E-state index contributed by atoms with van der Waals surface area (Å²) in [4.78, 5) is 12.5. The number of hydrogen-bond donors (Lipinski definition) is 1. The van der Waals surface area contributed by atoms with Gasteiger partial charge in [0.05, 0.1) is 6.04 Å². The molecule has 0 fully saturated rings. The predicted octanol–water partition coefficient (Wildman–Crippen LogP) is 3.77. The van der Waals surface area contributed by atoms with E-state index in [0.29, 0.717) is 0 Å². The van der Waals surface area contributed by atoms with Gasteiger partial charge in [0.2, 0.25) is 0 Å². The molecule has 0 saturated carbocycles. The Kier molecular flexibility index (Phi) is 5.77. The van der Waals surface area contributed by atoms with Crippen LogP contribution in [-0.4, -0.2) is 22.2 Å². The molecule has 6 heteroatoms. The van der Waals surface area contributed by atoms with E-state index in [0.717, 1.165) is 14.9 Å². The highest BCUT2D eigenvalue weighted by Crippen LogP contribution is 2.26. The number of amides is 1. The summed E-state index contributed by atoms with van der Waals surface area (Å²) >= 11 is 3.44. The minimum atomic E-state index is -1.03. The molecule has 1 amide bonds. The average molecular weight is 362 g/mol. The van der Waals surface area contributed by atoms with Crippen LogP contribution >= 0.6 is 15.9 Å². The van der Waals surface area contributed by atoms with Crippen LogP contribution in [0.2, 0.25) is 0 Å². The van der Waals surface area contributed by atoms with Crippen LogP contribution in [0, 0.1) is 0 Å². The Hall–Kier alpha value is -0.880. The van der Waals surface area contributed by atoms with Crippen LogP contribution < -0.4 is 5.32 Å². The Bertz CT molecular complexity index is 526. The number of benzene rings is 1. The van der Waals surface area contributed by atoms with Gasteiger partial charge in [-0.3, -0.25) is 4.21 Å². The standard InChI is InChI=1S/C14H20BrNO3S/c1-9(16-13(17)19-14(2,3)4)11-7-6-10(20(5)18)8-12(11)15/h6-9H,1-5H3,(H,16,17). The Morgan fingerprint density at radius 2 is 2.00 bits per heavy atom. The van der Waals surface area contributed by atoms with Gasteiger partial charge in [-0.15, -0.1) is 0 Å². The monoisotopic (exact) mass is 361 g/mol. The van der Waals surface area contributed by atoms with Gasteiger partial charge in [0, 0.05) is 26.4 Å². The van der Waals surface area contributed by atoms with Gasteiger partial charge in [-0.25, -0.2) is 4.79 Å². The van der Waals surface area contributed by atoms with Crippen LogP contribution in [-0.2, 0) is 15.5 Å². The summed E-state index contributed by atoms with van der Waals surface area (Å²) in [5.41, 5.74) is 0.384. The third kappa shape index (κ3) is 5.25. The van der Waals surface area contributed by atoms with Gasteiger partial charge in [0.1, 0.15) is 5.60 Å². The lowest BCUT2D eigenvalue weighted by molar-refractivity contribution is 0.0508. The minimum absolute atomic E-state index is 0.210. The molecule has 2 unspecified atom stereocenters. The highest BCUT2D eigenvalue weighted by Gasteiger charge is 2.19. The molecule has 1 N–H and O–H groups in total. The van der Waals surface area contributed by atoms with E-state index in [9.17, 15) is 9.00 Å². The summed E-state index contributed by atoms with van der Waals surface area (Å²) in [5, 5.41) is 2.78. The Balaban J connectivity index is 2.80. The Morgan fingerprint density at radius 1 is 1.40 bits per heavy atom. The third-order valence-electron chi connectivity index (χ3n) is 2.50. The molecule has 1 aromatic carbocycles. The SMILES string of the molecule is CC(NC(=O)OC(C)(C)C)c1ccc(S(C)=O)cc1Br. The quantitative estimate of drug-likeness (QED) is 0.891. The van der Waals surface area contributed by atoms with Crippen molar-refractivity contribution < 1.29 is 13.7 Å². The second-order valence-electron chi connectivity index (χ2n) is 5.51. The van der Waals surface area contributed by atoms with Crippen LogP contribution in [0.1, 0.15) is 39.3 Å². The molecule has 0 spiro atoms. The Morgan fingerprint density at radius 3 is 2.45 bits per heavy atom. The number of alkyl carbamates (subject to hydrolysis) is 1. The molecule has 0 aliphatic rings. The molecule has 0 aliphatic heterocycles. The van der Waals surface area contributed by atoms with Crippen LogP contribution in [0.3, 0.4) is 0 Å². The molecular weight excluding hydrogens is 342 g/mol.